The third kappa shape index (κ3) is 7.05. The smallest absolute Gasteiger partial charge is 0.305 e. The molecule has 0 saturated heterocycles. The van der Waals surface area contributed by atoms with E-state index in [0.717, 1.165) is 37.7 Å². The average Bonchev–Trinajstić information content (AvgIpc) is 2.65. The van der Waals surface area contributed by atoms with Crippen molar-refractivity contribution >= 4 is 24.3 Å². The monoisotopic (exact) mass is 378 g/mol. The summed E-state index contributed by atoms with van der Waals surface area (Å²) in [5, 5.41) is 11.7. The topological polar surface area (TPSA) is 79.2 Å². The van der Waals surface area contributed by atoms with Gasteiger partial charge in [-0.05, 0) is 48.8 Å². The van der Waals surface area contributed by atoms with Crippen molar-refractivity contribution in [3.8, 4) is 6.07 Å². The Hall–Kier alpha value is -2.06. The summed E-state index contributed by atoms with van der Waals surface area (Å²) in [5.74, 6) is 0.918. The largest absolute Gasteiger partial charge is 0.469 e. The predicted molar refractivity (Wildman–Crippen MR) is 102 cm³/mol. The van der Waals surface area contributed by atoms with E-state index in [1.165, 1.54) is 7.11 Å². The molecule has 0 unspecified atom stereocenters. The number of nitrogens with one attached hydrogen (secondary N) is 1. The Balaban J connectivity index is 0.00000338. The molecular weight excluding hydrogens is 352 g/mol. The summed E-state index contributed by atoms with van der Waals surface area (Å²) < 4.78 is 4.69. The Morgan fingerprint density at radius 1 is 1.15 bits per heavy atom. The number of carbonyl (C=O) groups is 2. The summed E-state index contributed by atoms with van der Waals surface area (Å²) in [4.78, 5) is 23.4. The fraction of sp³-hybridized carbons (Fsp3) is 0.550. The van der Waals surface area contributed by atoms with Gasteiger partial charge in [-0.3, -0.25) is 9.59 Å². The second-order valence-electron chi connectivity index (χ2n) is 6.74. The molecule has 1 aliphatic carbocycles. The molecule has 1 aromatic rings. The molecule has 0 radical (unpaired) electrons. The second-order valence-corrected chi connectivity index (χ2v) is 6.74. The van der Waals surface area contributed by atoms with Gasteiger partial charge in [-0.1, -0.05) is 25.0 Å². The van der Waals surface area contributed by atoms with Crippen molar-refractivity contribution in [2.45, 2.75) is 44.9 Å². The molecule has 26 heavy (non-hydrogen) atoms. The lowest BCUT2D eigenvalue weighted by Gasteiger charge is -2.28. The molecule has 0 heterocycles. The molecule has 0 aliphatic heterocycles. The van der Waals surface area contributed by atoms with Crippen molar-refractivity contribution in [2.75, 3.05) is 13.7 Å². The van der Waals surface area contributed by atoms with E-state index in [1.54, 1.807) is 12.1 Å². The van der Waals surface area contributed by atoms with Crippen molar-refractivity contribution in [3.63, 3.8) is 0 Å². The molecule has 0 atom stereocenters. The highest BCUT2D eigenvalue weighted by atomic mass is 35.5. The number of halogens is 1. The Morgan fingerprint density at radius 3 is 2.35 bits per heavy atom. The average molecular weight is 379 g/mol. The van der Waals surface area contributed by atoms with Crippen LogP contribution in [0.2, 0.25) is 0 Å². The number of nitriles is 1. The first-order chi connectivity index (χ1) is 12.1. The summed E-state index contributed by atoms with van der Waals surface area (Å²) in [6, 6.07) is 9.28. The molecule has 1 saturated carbocycles. The zero-order chi connectivity index (χ0) is 18.1. The number of hydrogen-bond acceptors (Lipinski definition) is 4. The molecule has 5 nitrogen and oxygen atoms in total. The van der Waals surface area contributed by atoms with Gasteiger partial charge < -0.3 is 10.1 Å². The third-order valence-corrected chi connectivity index (χ3v) is 5.00. The van der Waals surface area contributed by atoms with Gasteiger partial charge in [-0.2, -0.15) is 5.26 Å². The van der Waals surface area contributed by atoms with Crippen LogP contribution in [0.15, 0.2) is 24.3 Å². The van der Waals surface area contributed by atoms with Crippen molar-refractivity contribution in [3.05, 3.63) is 35.4 Å². The van der Waals surface area contributed by atoms with Gasteiger partial charge in [0, 0.05) is 18.5 Å². The third-order valence-electron chi connectivity index (χ3n) is 5.00. The molecule has 0 aromatic heterocycles. The Bertz CT molecular complexity index is 617. The van der Waals surface area contributed by atoms with E-state index in [2.05, 4.69) is 16.1 Å². The first kappa shape index (κ1) is 22.0. The van der Waals surface area contributed by atoms with Crippen molar-refractivity contribution < 1.29 is 14.3 Å². The van der Waals surface area contributed by atoms with E-state index in [-0.39, 0.29) is 24.3 Å². The fourth-order valence-electron chi connectivity index (χ4n) is 3.35. The molecule has 142 valence electrons. The van der Waals surface area contributed by atoms with E-state index in [0.29, 0.717) is 36.8 Å². The predicted octanol–water partition coefficient (Wildman–Crippen LogP) is 3.66. The SMILES string of the molecule is COC(=O)CC[C@H]1CC[C@H](CNC(=O)c2ccc(CC#N)cc2)CC1.Cl. The molecule has 1 fully saturated rings. The Labute approximate surface area is 161 Å². The van der Waals surface area contributed by atoms with Crippen LogP contribution in [-0.2, 0) is 16.0 Å². The van der Waals surface area contributed by atoms with E-state index in [4.69, 9.17) is 5.26 Å². The number of benzene rings is 1. The molecule has 1 aromatic carbocycles. The standard InChI is InChI=1S/C20H26N2O3.ClH/c1-25-19(23)11-8-15-2-4-17(5-3-15)14-22-20(24)18-9-6-16(7-10-18)12-13-21;/h6-7,9-10,15,17H,2-5,8,11-12,14H2,1H3,(H,22,24);1H/t15-,17-;. The Kier molecular flexibility index (Phi) is 9.75. The van der Waals surface area contributed by atoms with Gasteiger partial charge in [0.05, 0.1) is 19.6 Å². The highest BCUT2D eigenvalue weighted by Crippen LogP contribution is 2.31. The highest BCUT2D eigenvalue weighted by Gasteiger charge is 2.22. The van der Waals surface area contributed by atoms with Crippen LogP contribution < -0.4 is 5.32 Å². The van der Waals surface area contributed by atoms with Crippen molar-refractivity contribution in [1.29, 1.82) is 5.26 Å². The van der Waals surface area contributed by atoms with Crippen LogP contribution in [0.4, 0.5) is 0 Å². The maximum atomic E-state index is 12.2. The number of rotatable bonds is 7. The van der Waals surface area contributed by atoms with Gasteiger partial charge >= 0.3 is 5.97 Å². The van der Waals surface area contributed by atoms with Crippen LogP contribution >= 0.6 is 12.4 Å². The summed E-state index contributed by atoms with van der Waals surface area (Å²) in [7, 11) is 1.43. The van der Waals surface area contributed by atoms with Crippen LogP contribution in [0.3, 0.4) is 0 Å². The van der Waals surface area contributed by atoms with Gasteiger partial charge in [0.25, 0.3) is 5.91 Å². The molecule has 1 aliphatic rings. The number of methoxy groups -OCH3 is 1. The van der Waals surface area contributed by atoms with Crippen LogP contribution in [0.1, 0.15) is 54.4 Å². The van der Waals surface area contributed by atoms with Crippen LogP contribution in [0, 0.1) is 23.2 Å². The zero-order valence-corrected chi connectivity index (χ0v) is 16.0. The molecule has 0 bridgehead atoms. The van der Waals surface area contributed by atoms with Crippen molar-refractivity contribution in [1.82, 2.24) is 5.32 Å². The first-order valence-electron chi connectivity index (χ1n) is 8.93. The lowest BCUT2D eigenvalue weighted by Crippen LogP contribution is -2.31. The van der Waals surface area contributed by atoms with Gasteiger partial charge in [0.2, 0.25) is 0 Å². The van der Waals surface area contributed by atoms with E-state index in [9.17, 15) is 9.59 Å². The maximum absolute atomic E-state index is 12.2. The lowest BCUT2D eigenvalue weighted by molar-refractivity contribution is -0.141. The lowest BCUT2D eigenvalue weighted by atomic mass is 9.80. The first-order valence-corrected chi connectivity index (χ1v) is 8.93. The fourth-order valence-corrected chi connectivity index (χ4v) is 3.35. The number of esters is 1. The summed E-state index contributed by atoms with van der Waals surface area (Å²) >= 11 is 0. The summed E-state index contributed by atoms with van der Waals surface area (Å²) in [5.41, 5.74) is 1.55. The minimum absolute atomic E-state index is 0. The van der Waals surface area contributed by atoms with Gasteiger partial charge in [0.15, 0.2) is 0 Å². The highest BCUT2D eigenvalue weighted by molar-refractivity contribution is 5.94. The number of nitrogens with zero attached hydrogens (tertiary/aromatic N) is 1. The van der Waals surface area contributed by atoms with Gasteiger partial charge in [-0.15, -0.1) is 12.4 Å². The number of hydrogen-bond donors (Lipinski definition) is 1. The minimum Gasteiger partial charge on any atom is -0.469 e. The zero-order valence-electron chi connectivity index (χ0n) is 15.2. The van der Waals surface area contributed by atoms with E-state index in [1.807, 2.05) is 12.1 Å². The van der Waals surface area contributed by atoms with E-state index >= 15 is 0 Å². The quantitative estimate of drug-likeness (QED) is 0.734. The number of ether oxygens (including phenoxy) is 1. The van der Waals surface area contributed by atoms with Crippen LogP contribution in [-0.4, -0.2) is 25.5 Å². The molecule has 0 spiro atoms. The maximum Gasteiger partial charge on any atom is 0.305 e. The normalized spacial score (nSPS) is 18.9. The van der Waals surface area contributed by atoms with Crippen molar-refractivity contribution in [2.24, 2.45) is 11.8 Å². The summed E-state index contributed by atoms with van der Waals surface area (Å²) in [6.07, 6.45) is 6.17. The van der Waals surface area contributed by atoms with Gasteiger partial charge in [0.1, 0.15) is 0 Å². The van der Waals surface area contributed by atoms with Crippen LogP contribution in [0.5, 0.6) is 0 Å². The molecule has 6 heteroatoms. The van der Waals surface area contributed by atoms with Crippen LogP contribution in [0.25, 0.3) is 0 Å². The molecular formula is C20H27ClN2O3. The second kappa shape index (κ2) is 11.5. The number of carbonyl (C=O) groups excluding carboxylic acids is 2. The molecule has 2 rings (SSSR count). The Morgan fingerprint density at radius 2 is 1.77 bits per heavy atom. The molecule has 1 amide bonds. The van der Waals surface area contributed by atoms with E-state index < -0.39 is 0 Å². The number of amides is 1. The molecule has 1 N–H and O–H groups in total. The van der Waals surface area contributed by atoms with Gasteiger partial charge in [-0.25, -0.2) is 0 Å². The minimum atomic E-state index is -0.129. The summed E-state index contributed by atoms with van der Waals surface area (Å²) in [6.45, 7) is 0.697.